The number of carbonyl (C=O) groups excluding carboxylic acids is 1. The lowest BCUT2D eigenvalue weighted by Gasteiger charge is -2.32. The Kier molecular flexibility index (Phi) is 5.75. The summed E-state index contributed by atoms with van der Waals surface area (Å²) in [7, 11) is 0. The topological polar surface area (TPSA) is 96.8 Å². The summed E-state index contributed by atoms with van der Waals surface area (Å²) < 4.78 is 1.61. The number of benzene rings is 1. The molecule has 0 radical (unpaired) electrons. The summed E-state index contributed by atoms with van der Waals surface area (Å²) >= 11 is 7.68. The fourth-order valence-electron chi connectivity index (χ4n) is 4.09. The van der Waals surface area contributed by atoms with E-state index >= 15 is 0 Å². The summed E-state index contributed by atoms with van der Waals surface area (Å²) in [6.07, 6.45) is 2.12. The quantitative estimate of drug-likeness (QED) is 0.485. The molecule has 8 nitrogen and oxygen atoms in total. The number of aromatic amines is 1. The van der Waals surface area contributed by atoms with E-state index in [1.165, 1.54) is 0 Å². The highest BCUT2D eigenvalue weighted by molar-refractivity contribution is 7.10. The molecule has 4 heterocycles. The van der Waals surface area contributed by atoms with Gasteiger partial charge < -0.3 is 9.88 Å². The van der Waals surface area contributed by atoms with Gasteiger partial charge in [0.2, 0.25) is 5.91 Å². The van der Waals surface area contributed by atoms with Crippen LogP contribution >= 0.6 is 22.9 Å². The van der Waals surface area contributed by atoms with E-state index < -0.39 is 0 Å². The highest BCUT2D eigenvalue weighted by Gasteiger charge is 2.27. The number of aromatic nitrogens is 5. The lowest BCUT2D eigenvalue weighted by atomic mass is 9.97. The number of thiophene rings is 1. The molecule has 10 heteroatoms. The molecule has 164 valence electrons. The molecule has 1 aromatic carbocycles. The number of carbonyl (C=O) groups is 1. The molecule has 32 heavy (non-hydrogen) atoms. The zero-order valence-electron chi connectivity index (χ0n) is 17.2. The van der Waals surface area contributed by atoms with Gasteiger partial charge in [0.15, 0.2) is 11.2 Å². The van der Waals surface area contributed by atoms with Crippen molar-refractivity contribution in [3.05, 3.63) is 73.4 Å². The van der Waals surface area contributed by atoms with Gasteiger partial charge in [-0.1, -0.05) is 35.0 Å². The maximum atomic E-state index is 12.8. The van der Waals surface area contributed by atoms with Crippen LogP contribution in [0.25, 0.3) is 11.2 Å². The number of amides is 1. The van der Waals surface area contributed by atoms with Crippen molar-refractivity contribution in [2.75, 3.05) is 13.1 Å². The van der Waals surface area contributed by atoms with Crippen molar-refractivity contribution in [2.45, 2.75) is 31.7 Å². The second kappa shape index (κ2) is 8.84. The minimum atomic E-state index is -0.315. The summed E-state index contributed by atoms with van der Waals surface area (Å²) in [4.78, 5) is 36.0. The van der Waals surface area contributed by atoms with E-state index in [0.717, 1.165) is 29.8 Å². The van der Waals surface area contributed by atoms with Gasteiger partial charge in [-0.15, -0.1) is 16.4 Å². The molecule has 1 aliphatic heterocycles. The molecular weight excluding hydrogens is 448 g/mol. The van der Waals surface area contributed by atoms with Crippen molar-refractivity contribution in [1.82, 2.24) is 29.9 Å². The van der Waals surface area contributed by atoms with Crippen LogP contribution in [0.4, 0.5) is 0 Å². The standard InChI is InChI=1S/C22H21ClN6O2S/c23-16-6-1-4-14(10-16)12-29-21-19(26-27-29)22(31)25-20(24-21)15-5-2-8-28(13-15)18(30)11-17-7-3-9-32-17/h1,3-4,6-7,9-10,15H,2,5,8,11-13H2,(H,24,25,31)/t15-/m0/s1. The molecule has 1 atom stereocenters. The fourth-order valence-corrected chi connectivity index (χ4v) is 5.00. The van der Waals surface area contributed by atoms with E-state index in [1.54, 1.807) is 22.1 Å². The number of likely N-dealkylation sites (tertiary alicyclic amines) is 1. The van der Waals surface area contributed by atoms with Crippen molar-refractivity contribution in [3.8, 4) is 0 Å². The summed E-state index contributed by atoms with van der Waals surface area (Å²) in [5.41, 5.74) is 1.27. The third-order valence-electron chi connectivity index (χ3n) is 5.68. The van der Waals surface area contributed by atoms with Crippen LogP contribution in [0.3, 0.4) is 0 Å². The lowest BCUT2D eigenvalue weighted by Crippen LogP contribution is -2.40. The molecule has 0 spiro atoms. The Morgan fingerprint density at radius 2 is 2.19 bits per heavy atom. The highest BCUT2D eigenvalue weighted by atomic mass is 35.5. The van der Waals surface area contributed by atoms with E-state index in [2.05, 4.69) is 15.3 Å². The second-order valence-corrected chi connectivity index (χ2v) is 9.40. The average molecular weight is 469 g/mol. The van der Waals surface area contributed by atoms with Crippen molar-refractivity contribution in [3.63, 3.8) is 0 Å². The largest absolute Gasteiger partial charge is 0.342 e. The smallest absolute Gasteiger partial charge is 0.281 e. The highest BCUT2D eigenvalue weighted by Crippen LogP contribution is 2.25. The maximum Gasteiger partial charge on any atom is 0.281 e. The third kappa shape index (κ3) is 4.31. The number of nitrogens with zero attached hydrogens (tertiary/aromatic N) is 5. The predicted octanol–water partition coefficient (Wildman–Crippen LogP) is 3.23. The average Bonchev–Trinajstić information content (AvgIpc) is 3.44. The molecular formula is C22H21ClN6O2S. The number of nitrogens with one attached hydrogen (secondary N) is 1. The molecule has 0 aliphatic carbocycles. The van der Waals surface area contributed by atoms with Crippen molar-refractivity contribution in [2.24, 2.45) is 0 Å². The minimum Gasteiger partial charge on any atom is -0.342 e. The summed E-state index contributed by atoms with van der Waals surface area (Å²) in [6, 6.07) is 11.4. The van der Waals surface area contributed by atoms with Gasteiger partial charge in [-0.25, -0.2) is 9.67 Å². The molecule has 4 aromatic rings. The van der Waals surface area contributed by atoms with Crippen molar-refractivity contribution in [1.29, 1.82) is 0 Å². The van der Waals surface area contributed by atoms with E-state index in [4.69, 9.17) is 16.6 Å². The molecule has 1 amide bonds. The molecule has 0 saturated carbocycles. The molecule has 1 saturated heterocycles. The summed E-state index contributed by atoms with van der Waals surface area (Å²) in [5.74, 6) is 0.640. The number of halogens is 1. The maximum absolute atomic E-state index is 12.8. The van der Waals surface area contributed by atoms with Gasteiger partial charge in [-0.2, -0.15) is 0 Å². The Hall–Kier alpha value is -3.04. The fraction of sp³-hybridized carbons (Fsp3) is 0.318. The van der Waals surface area contributed by atoms with Gasteiger partial charge in [0, 0.05) is 28.9 Å². The number of piperidine rings is 1. The first-order chi connectivity index (χ1) is 15.6. The van der Waals surface area contributed by atoms with Gasteiger partial charge >= 0.3 is 0 Å². The van der Waals surface area contributed by atoms with E-state index in [9.17, 15) is 9.59 Å². The normalized spacial score (nSPS) is 16.5. The SMILES string of the molecule is O=C(Cc1cccs1)N1CCC[C@H](c2nc3c(nnn3Cc3cccc(Cl)c3)c(=O)[nH]2)C1. The first-order valence-electron chi connectivity index (χ1n) is 10.4. The number of fused-ring (bicyclic) bond motifs is 1. The lowest BCUT2D eigenvalue weighted by molar-refractivity contribution is -0.131. The van der Waals surface area contributed by atoms with Crippen LogP contribution in [0.15, 0.2) is 46.6 Å². The van der Waals surface area contributed by atoms with Crippen molar-refractivity contribution >= 4 is 40.0 Å². The second-order valence-electron chi connectivity index (χ2n) is 7.94. The van der Waals surface area contributed by atoms with Crippen LogP contribution in [0, 0.1) is 0 Å². The van der Waals surface area contributed by atoms with Crippen LogP contribution in [0.2, 0.25) is 5.02 Å². The Labute approximate surface area is 192 Å². The molecule has 1 fully saturated rings. The summed E-state index contributed by atoms with van der Waals surface area (Å²) in [5, 5.41) is 10.8. The number of H-pyrrole nitrogens is 1. The molecule has 0 unspecified atom stereocenters. The van der Waals surface area contributed by atoms with Crippen LogP contribution in [-0.4, -0.2) is 48.9 Å². The zero-order chi connectivity index (χ0) is 22.1. The van der Waals surface area contributed by atoms with Gasteiger partial charge in [-0.3, -0.25) is 9.59 Å². The molecule has 0 bridgehead atoms. The molecule has 5 rings (SSSR count). The Balaban J connectivity index is 1.40. The molecule has 1 N–H and O–H groups in total. The van der Waals surface area contributed by atoms with E-state index in [1.807, 2.05) is 40.6 Å². The van der Waals surface area contributed by atoms with Crippen LogP contribution < -0.4 is 5.56 Å². The molecule has 3 aromatic heterocycles. The van der Waals surface area contributed by atoms with E-state index in [-0.39, 0.29) is 22.9 Å². The third-order valence-corrected chi connectivity index (χ3v) is 6.79. The first kappa shape index (κ1) is 20.8. The number of hydrogen-bond donors (Lipinski definition) is 1. The van der Waals surface area contributed by atoms with Crippen LogP contribution in [0.5, 0.6) is 0 Å². The first-order valence-corrected chi connectivity index (χ1v) is 11.7. The van der Waals surface area contributed by atoms with Gasteiger partial charge in [0.25, 0.3) is 5.56 Å². The summed E-state index contributed by atoms with van der Waals surface area (Å²) in [6.45, 7) is 1.67. The van der Waals surface area contributed by atoms with Gasteiger partial charge in [-0.05, 0) is 42.0 Å². The van der Waals surface area contributed by atoms with E-state index in [0.29, 0.717) is 36.0 Å². The Morgan fingerprint density at radius 1 is 1.28 bits per heavy atom. The van der Waals surface area contributed by atoms with Gasteiger partial charge in [0.05, 0.1) is 13.0 Å². The Bertz CT molecular complexity index is 1320. The number of rotatable bonds is 5. The zero-order valence-corrected chi connectivity index (χ0v) is 18.8. The van der Waals surface area contributed by atoms with Crippen molar-refractivity contribution < 1.29 is 4.79 Å². The minimum absolute atomic E-state index is 0.0392. The van der Waals surface area contributed by atoms with Gasteiger partial charge in [0.1, 0.15) is 5.82 Å². The van der Waals surface area contributed by atoms with Crippen LogP contribution in [-0.2, 0) is 17.8 Å². The Morgan fingerprint density at radius 3 is 3.00 bits per heavy atom. The monoisotopic (exact) mass is 468 g/mol. The number of hydrogen-bond acceptors (Lipinski definition) is 6. The molecule has 1 aliphatic rings. The predicted molar refractivity (Wildman–Crippen MR) is 123 cm³/mol. The van der Waals surface area contributed by atoms with Crippen LogP contribution in [0.1, 0.15) is 35.0 Å².